The van der Waals surface area contributed by atoms with Crippen LogP contribution in [0.3, 0.4) is 0 Å². The average Bonchev–Trinajstić information content (AvgIpc) is 3.12. The van der Waals surface area contributed by atoms with Gasteiger partial charge in [-0.1, -0.05) is 0 Å². The normalized spacial score (nSPS) is 17.4. The van der Waals surface area contributed by atoms with E-state index in [9.17, 15) is 18.4 Å². The Balaban J connectivity index is 1.58. The summed E-state index contributed by atoms with van der Waals surface area (Å²) >= 11 is 0. The highest BCUT2D eigenvalue weighted by molar-refractivity contribution is 5.91. The van der Waals surface area contributed by atoms with Gasteiger partial charge in [0, 0.05) is 24.7 Å². The van der Waals surface area contributed by atoms with Crippen LogP contribution in [0.15, 0.2) is 41.0 Å². The fraction of sp³-hybridized carbons (Fsp3) is 0.333. The first-order valence-electron chi connectivity index (χ1n) is 8.09. The summed E-state index contributed by atoms with van der Waals surface area (Å²) in [4.78, 5) is 26.0. The van der Waals surface area contributed by atoms with Crippen molar-refractivity contribution in [2.45, 2.75) is 25.3 Å². The molecule has 1 aromatic heterocycles. The van der Waals surface area contributed by atoms with E-state index in [0.29, 0.717) is 13.1 Å². The summed E-state index contributed by atoms with van der Waals surface area (Å²) in [6, 6.07) is 6.04. The van der Waals surface area contributed by atoms with Gasteiger partial charge in [0.15, 0.2) is 5.76 Å². The third-order valence-electron chi connectivity index (χ3n) is 4.16. The number of furan rings is 1. The maximum Gasteiger partial charge on any atom is 0.289 e. The molecule has 1 aromatic carbocycles. The highest BCUT2D eigenvalue weighted by Crippen LogP contribution is 2.15. The first-order valence-corrected chi connectivity index (χ1v) is 8.09. The van der Waals surface area contributed by atoms with Crippen LogP contribution in [-0.4, -0.2) is 35.8 Å². The summed E-state index contributed by atoms with van der Waals surface area (Å²) in [7, 11) is 0. The second-order valence-electron chi connectivity index (χ2n) is 6.05. The Kier molecular flexibility index (Phi) is 5.11. The van der Waals surface area contributed by atoms with Gasteiger partial charge in [-0.05, 0) is 43.2 Å². The monoisotopic (exact) mass is 348 g/mol. The van der Waals surface area contributed by atoms with E-state index < -0.39 is 17.5 Å². The standard InChI is InChI=1S/C18H18F2N2O3/c19-13-5-6-15(20)12(9-13)10-17(23)21-14-3-1-7-22(11-14)18(24)16-4-2-8-25-16/h2,4-6,8-9,14H,1,3,7,10-11H2,(H,21,23). The van der Waals surface area contributed by atoms with E-state index in [1.54, 1.807) is 17.0 Å². The molecule has 7 heteroatoms. The molecule has 0 spiro atoms. The molecule has 1 saturated heterocycles. The summed E-state index contributed by atoms with van der Waals surface area (Å²) < 4.78 is 31.9. The zero-order valence-corrected chi connectivity index (χ0v) is 13.5. The second-order valence-corrected chi connectivity index (χ2v) is 6.05. The number of halogens is 2. The van der Waals surface area contributed by atoms with Crippen LogP contribution in [-0.2, 0) is 11.2 Å². The number of likely N-dealkylation sites (tertiary alicyclic amines) is 1. The Morgan fingerprint density at radius 1 is 1.28 bits per heavy atom. The number of carbonyl (C=O) groups excluding carboxylic acids is 2. The predicted octanol–water partition coefficient (Wildman–Crippen LogP) is 2.52. The molecule has 2 amide bonds. The predicted molar refractivity (Wildman–Crippen MR) is 85.8 cm³/mol. The summed E-state index contributed by atoms with van der Waals surface area (Å²) in [5, 5.41) is 2.79. The van der Waals surface area contributed by atoms with Gasteiger partial charge >= 0.3 is 0 Å². The molecule has 1 atom stereocenters. The Bertz CT molecular complexity index is 762. The van der Waals surface area contributed by atoms with Gasteiger partial charge in [0.1, 0.15) is 11.6 Å². The van der Waals surface area contributed by atoms with Crippen molar-refractivity contribution in [3.8, 4) is 0 Å². The lowest BCUT2D eigenvalue weighted by Crippen LogP contribution is -2.49. The average molecular weight is 348 g/mol. The summed E-state index contributed by atoms with van der Waals surface area (Å²) in [5.41, 5.74) is 0.0110. The lowest BCUT2D eigenvalue weighted by Gasteiger charge is -2.32. The number of hydrogen-bond donors (Lipinski definition) is 1. The minimum Gasteiger partial charge on any atom is -0.459 e. The van der Waals surface area contributed by atoms with Crippen molar-refractivity contribution in [1.82, 2.24) is 10.2 Å². The van der Waals surface area contributed by atoms with Crippen LogP contribution in [0.25, 0.3) is 0 Å². The quantitative estimate of drug-likeness (QED) is 0.924. The number of rotatable bonds is 4. The van der Waals surface area contributed by atoms with Gasteiger partial charge in [0.25, 0.3) is 5.91 Å². The first kappa shape index (κ1) is 17.1. The molecule has 25 heavy (non-hydrogen) atoms. The van der Waals surface area contributed by atoms with Crippen LogP contribution in [0.1, 0.15) is 29.0 Å². The zero-order chi connectivity index (χ0) is 17.8. The first-order chi connectivity index (χ1) is 12.0. The summed E-state index contributed by atoms with van der Waals surface area (Å²) in [6.45, 7) is 0.946. The molecule has 1 fully saturated rings. The van der Waals surface area contributed by atoms with Gasteiger partial charge in [-0.2, -0.15) is 0 Å². The maximum atomic E-state index is 13.6. The molecule has 0 bridgehead atoms. The molecule has 0 aliphatic carbocycles. The topological polar surface area (TPSA) is 62.6 Å². The van der Waals surface area contributed by atoms with Crippen LogP contribution in [0.5, 0.6) is 0 Å². The summed E-state index contributed by atoms with van der Waals surface area (Å²) in [5.74, 6) is -1.57. The number of nitrogens with one attached hydrogen (secondary N) is 1. The van der Waals surface area contributed by atoms with E-state index in [4.69, 9.17) is 4.42 Å². The Morgan fingerprint density at radius 2 is 2.12 bits per heavy atom. The van der Waals surface area contributed by atoms with Crippen LogP contribution in [0, 0.1) is 11.6 Å². The van der Waals surface area contributed by atoms with Gasteiger partial charge < -0.3 is 14.6 Å². The molecule has 132 valence electrons. The lowest BCUT2D eigenvalue weighted by atomic mass is 10.0. The minimum absolute atomic E-state index is 0.0110. The fourth-order valence-electron chi connectivity index (χ4n) is 2.97. The Hall–Kier alpha value is -2.70. The third-order valence-corrected chi connectivity index (χ3v) is 4.16. The molecule has 1 N–H and O–H groups in total. The lowest BCUT2D eigenvalue weighted by molar-refractivity contribution is -0.121. The number of amides is 2. The SMILES string of the molecule is O=C(Cc1cc(F)ccc1F)NC1CCCN(C(=O)c2ccco2)C1. The third kappa shape index (κ3) is 4.23. The van der Waals surface area contributed by atoms with Crippen LogP contribution >= 0.6 is 0 Å². The molecule has 1 aliphatic heterocycles. The van der Waals surface area contributed by atoms with E-state index >= 15 is 0 Å². The number of piperidine rings is 1. The smallest absolute Gasteiger partial charge is 0.289 e. The number of nitrogens with zero attached hydrogens (tertiary/aromatic N) is 1. The van der Waals surface area contributed by atoms with Crippen molar-refractivity contribution in [2.75, 3.05) is 13.1 Å². The Labute approximate surface area is 143 Å². The zero-order valence-electron chi connectivity index (χ0n) is 13.5. The van der Waals surface area contributed by atoms with Crippen molar-refractivity contribution >= 4 is 11.8 Å². The van der Waals surface area contributed by atoms with Crippen LogP contribution in [0.4, 0.5) is 8.78 Å². The fourth-order valence-corrected chi connectivity index (χ4v) is 2.97. The van der Waals surface area contributed by atoms with E-state index in [-0.39, 0.29) is 29.7 Å². The molecule has 3 rings (SSSR count). The van der Waals surface area contributed by atoms with Gasteiger partial charge in [0.2, 0.25) is 5.91 Å². The van der Waals surface area contributed by atoms with Crippen LogP contribution < -0.4 is 5.32 Å². The number of hydrogen-bond acceptors (Lipinski definition) is 3. The van der Waals surface area contributed by atoms with Gasteiger partial charge in [-0.15, -0.1) is 0 Å². The van der Waals surface area contributed by atoms with Gasteiger partial charge in [0.05, 0.1) is 12.7 Å². The largest absolute Gasteiger partial charge is 0.459 e. The van der Waals surface area contributed by atoms with Crippen molar-refractivity contribution < 1.29 is 22.8 Å². The summed E-state index contributed by atoms with van der Waals surface area (Å²) in [6.07, 6.45) is 2.65. The molecule has 0 saturated carbocycles. The molecule has 2 aromatic rings. The second kappa shape index (κ2) is 7.46. The molecule has 5 nitrogen and oxygen atoms in total. The van der Waals surface area contributed by atoms with E-state index in [1.807, 2.05) is 0 Å². The minimum atomic E-state index is -0.616. The molecule has 1 unspecified atom stereocenters. The molecule has 2 heterocycles. The highest BCUT2D eigenvalue weighted by Gasteiger charge is 2.26. The molecule has 1 aliphatic rings. The number of benzene rings is 1. The van der Waals surface area contributed by atoms with Crippen LogP contribution in [0.2, 0.25) is 0 Å². The van der Waals surface area contributed by atoms with E-state index in [0.717, 1.165) is 31.0 Å². The van der Waals surface area contributed by atoms with E-state index in [1.165, 1.54) is 6.26 Å². The molecular formula is C18H18F2N2O3. The number of carbonyl (C=O) groups is 2. The molecular weight excluding hydrogens is 330 g/mol. The van der Waals surface area contributed by atoms with Crippen molar-refractivity contribution in [1.29, 1.82) is 0 Å². The van der Waals surface area contributed by atoms with E-state index in [2.05, 4.69) is 5.32 Å². The maximum absolute atomic E-state index is 13.6. The van der Waals surface area contributed by atoms with Gasteiger partial charge in [-0.25, -0.2) is 8.78 Å². The highest BCUT2D eigenvalue weighted by atomic mass is 19.1. The molecule has 0 radical (unpaired) electrons. The van der Waals surface area contributed by atoms with Crippen molar-refractivity contribution in [2.24, 2.45) is 0 Å². The van der Waals surface area contributed by atoms with Gasteiger partial charge in [-0.3, -0.25) is 9.59 Å². The van der Waals surface area contributed by atoms with Crippen molar-refractivity contribution in [3.63, 3.8) is 0 Å². The van der Waals surface area contributed by atoms with Crippen molar-refractivity contribution in [3.05, 3.63) is 59.6 Å². The Morgan fingerprint density at radius 3 is 2.88 bits per heavy atom.